The van der Waals surface area contributed by atoms with Crippen LogP contribution in [0.2, 0.25) is 0 Å². The molecular formula is C20H25FN6O3. The third-order valence-electron chi connectivity index (χ3n) is 4.24. The highest BCUT2D eigenvalue weighted by Gasteiger charge is 2.13. The van der Waals surface area contributed by atoms with Crippen LogP contribution in [-0.2, 0) is 15.9 Å². The standard InChI is InChI=1S/C20H25FN6O3/c1-3-29-19(30-4-2)13-23-16-9-10-17-24-25-18(27(17)26-16)11-12-22-20(28)14-7-5-6-8-15(14)21/h5-10,19H,3-4,11-13H2,1-2H3,(H,22,28)(H,23,26). The molecule has 0 aliphatic carbocycles. The van der Waals surface area contributed by atoms with Gasteiger partial charge in [0.05, 0.1) is 12.1 Å². The van der Waals surface area contributed by atoms with Crippen molar-refractivity contribution in [1.82, 2.24) is 25.1 Å². The molecule has 3 rings (SSSR count). The van der Waals surface area contributed by atoms with Crippen molar-refractivity contribution in [2.45, 2.75) is 26.6 Å². The Kier molecular flexibility index (Phi) is 7.63. The molecular weight excluding hydrogens is 391 g/mol. The third kappa shape index (κ3) is 5.49. The van der Waals surface area contributed by atoms with Crippen LogP contribution in [0.3, 0.4) is 0 Å². The molecule has 3 aromatic rings. The van der Waals surface area contributed by atoms with Crippen LogP contribution < -0.4 is 10.6 Å². The molecule has 0 unspecified atom stereocenters. The molecule has 0 aliphatic heterocycles. The molecule has 0 saturated heterocycles. The first-order chi connectivity index (χ1) is 14.6. The van der Waals surface area contributed by atoms with Crippen LogP contribution in [-0.4, -0.2) is 58.3 Å². The van der Waals surface area contributed by atoms with E-state index in [4.69, 9.17) is 9.47 Å². The Bertz CT molecular complexity index is 974. The van der Waals surface area contributed by atoms with E-state index in [1.54, 1.807) is 22.7 Å². The maximum absolute atomic E-state index is 13.7. The monoisotopic (exact) mass is 416 g/mol. The minimum absolute atomic E-state index is 0.00589. The van der Waals surface area contributed by atoms with Crippen molar-refractivity contribution in [3.05, 3.63) is 53.6 Å². The van der Waals surface area contributed by atoms with Crippen LogP contribution in [0.15, 0.2) is 36.4 Å². The zero-order chi connectivity index (χ0) is 21.3. The van der Waals surface area contributed by atoms with Crippen molar-refractivity contribution in [3.63, 3.8) is 0 Å². The SMILES string of the molecule is CCOC(CNc1ccc2nnc(CCNC(=O)c3ccccc3F)n2n1)OCC. The second-order valence-corrected chi connectivity index (χ2v) is 6.31. The van der Waals surface area contributed by atoms with Crippen LogP contribution in [0.4, 0.5) is 10.2 Å². The summed E-state index contributed by atoms with van der Waals surface area (Å²) in [7, 11) is 0. The molecule has 160 valence electrons. The van der Waals surface area contributed by atoms with Gasteiger partial charge in [-0.05, 0) is 38.1 Å². The number of carbonyl (C=O) groups excluding carboxylic acids is 1. The second kappa shape index (κ2) is 10.6. The van der Waals surface area contributed by atoms with Crippen molar-refractivity contribution >= 4 is 17.4 Å². The molecule has 1 aromatic carbocycles. The number of ether oxygens (including phenoxy) is 2. The molecule has 0 saturated carbocycles. The van der Waals surface area contributed by atoms with Gasteiger partial charge in [0, 0.05) is 26.2 Å². The zero-order valence-electron chi connectivity index (χ0n) is 17.0. The van der Waals surface area contributed by atoms with E-state index in [2.05, 4.69) is 25.9 Å². The van der Waals surface area contributed by atoms with E-state index in [-0.39, 0.29) is 18.4 Å². The fraction of sp³-hybridized carbons (Fsp3) is 0.400. The highest BCUT2D eigenvalue weighted by Crippen LogP contribution is 2.09. The smallest absolute Gasteiger partial charge is 0.254 e. The summed E-state index contributed by atoms with van der Waals surface area (Å²) in [4.78, 5) is 12.1. The summed E-state index contributed by atoms with van der Waals surface area (Å²) in [5, 5.41) is 18.6. The lowest BCUT2D eigenvalue weighted by Crippen LogP contribution is -2.27. The Hall–Kier alpha value is -3.11. The molecule has 2 heterocycles. The van der Waals surface area contributed by atoms with E-state index >= 15 is 0 Å². The van der Waals surface area contributed by atoms with Gasteiger partial charge < -0.3 is 20.1 Å². The molecule has 0 bridgehead atoms. The van der Waals surface area contributed by atoms with Gasteiger partial charge in [0.2, 0.25) is 0 Å². The van der Waals surface area contributed by atoms with Crippen molar-refractivity contribution in [2.24, 2.45) is 0 Å². The number of amides is 1. The first kappa shape index (κ1) is 21.6. The summed E-state index contributed by atoms with van der Waals surface area (Å²) in [5.74, 6) is 0.157. The van der Waals surface area contributed by atoms with Crippen LogP contribution >= 0.6 is 0 Å². The lowest BCUT2D eigenvalue weighted by Gasteiger charge is -2.17. The largest absolute Gasteiger partial charge is 0.364 e. The lowest BCUT2D eigenvalue weighted by molar-refractivity contribution is -0.126. The minimum atomic E-state index is -0.558. The number of nitrogens with zero attached hydrogens (tertiary/aromatic N) is 4. The number of halogens is 1. The Balaban J connectivity index is 1.60. The highest BCUT2D eigenvalue weighted by atomic mass is 19.1. The predicted octanol–water partition coefficient (Wildman–Crippen LogP) is 2.05. The van der Waals surface area contributed by atoms with Gasteiger partial charge in [-0.3, -0.25) is 4.79 Å². The summed E-state index contributed by atoms with van der Waals surface area (Å²) < 4.78 is 26.3. The van der Waals surface area contributed by atoms with E-state index in [0.717, 1.165) is 0 Å². The number of carbonyl (C=O) groups is 1. The average Bonchev–Trinajstić information content (AvgIpc) is 3.15. The first-order valence-electron chi connectivity index (χ1n) is 9.83. The Morgan fingerprint density at radius 1 is 1.13 bits per heavy atom. The number of rotatable bonds is 11. The number of aromatic nitrogens is 4. The summed E-state index contributed by atoms with van der Waals surface area (Å²) in [5.41, 5.74) is 0.591. The molecule has 2 N–H and O–H groups in total. The maximum Gasteiger partial charge on any atom is 0.254 e. The van der Waals surface area contributed by atoms with Crippen LogP contribution in [0, 0.1) is 5.82 Å². The lowest BCUT2D eigenvalue weighted by atomic mass is 10.2. The Labute approximate surface area is 173 Å². The van der Waals surface area contributed by atoms with Crippen LogP contribution in [0.1, 0.15) is 30.0 Å². The van der Waals surface area contributed by atoms with E-state index in [1.165, 1.54) is 18.2 Å². The van der Waals surface area contributed by atoms with E-state index in [9.17, 15) is 9.18 Å². The zero-order valence-corrected chi connectivity index (χ0v) is 17.0. The van der Waals surface area contributed by atoms with Crippen molar-refractivity contribution in [3.8, 4) is 0 Å². The fourth-order valence-electron chi connectivity index (χ4n) is 2.84. The van der Waals surface area contributed by atoms with Crippen LogP contribution in [0.5, 0.6) is 0 Å². The normalized spacial score (nSPS) is 11.2. The molecule has 0 aliphatic rings. The molecule has 9 nitrogen and oxygen atoms in total. The van der Waals surface area contributed by atoms with Crippen molar-refractivity contribution in [2.75, 3.05) is 31.6 Å². The van der Waals surface area contributed by atoms with Gasteiger partial charge in [0.15, 0.2) is 17.8 Å². The summed E-state index contributed by atoms with van der Waals surface area (Å²) in [6.07, 6.45) is 0.0182. The van der Waals surface area contributed by atoms with Crippen molar-refractivity contribution < 1.29 is 18.7 Å². The topological polar surface area (TPSA) is 103 Å². The maximum atomic E-state index is 13.7. The summed E-state index contributed by atoms with van der Waals surface area (Å²) >= 11 is 0. The highest BCUT2D eigenvalue weighted by molar-refractivity contribution is 5.94. The minimum Gasteiger partial charge on any atom is -0.364 e. The van der Waals surface area contributed by atoms with E-state index in [1.807, 2.05) is 13.8 Å². The van der Waals surface area contributed by atoms with Crippen molar-refractivity contribution in [1.29, 1.82) is 0 Å². The molecule has 0 spiro atoms. The summed E-state index contributed by atoms with van der Waals surface area (Å²) in [6.45, 7) is 5.62. The number of hydrogen-bond donors (Lipinski definition) is 2. The van der Waals surface area contributed by atoms with Gasteiger partial charge in [0.1, 0.15) is 11.6 Å². The van der Waals surface area contributed by atoms with Gasteiger partial charge in [0.25, 0.3) is 5.91 Å². The first-order valence-corrected chi connectivity index (χ1v) is 9.83. The molecule has 0 atom stereocenters. The van der Waals surface area contributed by atoms with Gasteiger partial charge in [-0.15, -0.1) is 15.3 Å². The van der Waals surface area contributed by atoms with E-state index in [0.29, 0.717) is 43.5 Å². The number of nitrogens with one attached hydrogen (secondary N) is 2. The molecule has 0 radical (unpaired) electrons. The van der Waals surface area contributed by atoms with Crippen LogP contribution in [0.25, 0.3) is 5.65 Å². The molecule has 0 fully saturated rings. The Morgan fingerprint density at radius 3 is 2.63 bits per heavy atom. The summed E-state index contributed by atoms with van der Waals surface area (Å²) in [6, 6.07) is 9.43. The van der Waals surface area contributed by atoms with Gasteiger partial charge >= 0.3 is 0 Å². The molecule has 10 heteroatoms. The number of hydrogen-bond acceptors (Lipinski definition) is 7. The molecule has 1 amide bonds. The van der Waals surface area contributed by atoms with Gasteiger partial charge in [-0.2, -0.15) is 4.52 Å². The van der Waals surface area contributed by atoms with E-state index < -0.39 is 11.7 Å². The fourth-order valence-corrected chi connectivity index (χ4v) is 2.84. The number of fused-ring (bicyclic) bond motifs is 1. The number of anilines is 1. The van der Waals surface area contributed by atoms with Gasteiger partial charge in [-0.25, -0.2) is 4.39 Å². The Morgan fingerprint density at radius 2 is 1.90 bits per heavy atom. The predicted molar refractivity (Wildman–Crippen MR) is 109 cm³/mol. The number of benzene rings is 1. The second-order valence-electron chi connectivity index (χ2n) is 6.31. The average molecular weight is 416 g/mol. The molecule has 30 heavy (non-hydrogen) atoms. The molecule has 2 aromatic heterocycles. The quantitative estimate of drug-likeness (QED) is 0.461. The third-order valence-corrected chi connectivity index (χ3v) is 4.24. The van der Waals surface area contributed by atoms with Gasteiger partial charge in [-0.1, -0.05) is 12.1 Å².